The van der Waals surface area contributed by atoms with E-state index in [0.717, 1.165) is 31.2 Å². The quantitative estimate of drug-likeness (QED) is 0.586. The lowest BCUT2D eigenvalue weighted by Gasteiger charge is -2.39. The van der Waals surface area contributed by atoms with Gasteiger partial charge in [0.25, 0.3) is 5.69 Å². The molecule has 4 bridgehead atoms. The highest BCUT2D eigenvalue weighted by atomic mass is 16.6. The fraction of sp³-hybridized carbons (Fsp3) is 0.435. The summed E-state index contributed by atoms with van der Waals surface area (Å²) in [5.74, 6) is 1.98. The van der Waals surface area contributed by atoms with Gasteiger partial charge in [0.2, 0.25) is 0 Å². The summed E-state index contributed by atoms with van der Waals surface area (Å²) in [6, 6.07) is 16.8. The van der Waals surface area contributed by atoms with Crippen molar-refractivity contribution in [3.63, 3.8) is 0 Å². The summed E-state index contributed by atoms with van der Waals surface area (Å²) >= 11 is 0. The van der Waals surface area contributed by atoms with Gasteiger partial charge < -0.3 is 10.1 Å². The number of non-ortho nitro benzene ring substituents is 1. The Hall–Kier alpha value is -2.89. The Labute approximate surface area is 169 Å². The Kier molecular flexibility index (Phi) is 4.30. The fourth-order valence-corrected chi connectivity index (χ4v) is 6.26. The lowest BCUT2D eigenvalue weighted by molar-refractivity contribution is -0.384. The molecule has 0 saturated heterocycles. The van der Waals surface area contributed by atoms with Crippen molar-refractivity contribution in [2.45, 2.75) is 43.7 Å². The van der Waals surface area contributed by atoms with E-state index in [0.29, 0.717) is 23.7 Å². The molecule has 6 nitrogen and oxygen atoms in total. The van der Waals surface area contributed by atoms with Gasteiger partial charge in [0, 0.05) is 17.7 Å². The van der Waals surface area contributed by atoms with Crippen LogP contribution in [0.1, 0.15) is 42.7 Å². The number of alkyl carbamates (subject to hydrolysis) is 1. The Balaban J connectivity index is 1.25. The number of ether oxygens (including phenoxy) is 1. The van der Waals surface area contributed by atoms with Gasteiger partial charge in [0.15, 0.2) is 0 Å². The second-order valence-corrected chi connectivity index (χ2v) is 8.81. The highest BCUT2D eigenvalue weighted by Gasteiger charge is 2.62. The molecule has 4 aliphatic rings. The van der Waals surface area contributed by atoms with Crippen molar-refractivity contribution in [1.29, 1.82) is 0 Å². The topological polar surface area (TPSA) is 81.5 Å². The van der Waals surface area contributed by atoms with Gasteiger partial charge in [0.1, 0.15) is 6.61 Å². The van der Waals surface area contributed by atoms with E-state index in [1.807, 2.05) is 42.5 Å². The standard InChI is InChI=1S/C23H24N2O4/c26-22(29-14-15-4-2-1-3-5-15)24-23-12-17-10-19(23)11-18(13-23)21(17)16-6-8-20(9-7-16)25(27)28/h1-9,17-19,21H,10-14H2,(H,24,26). The summed E-state index contributed by atoms with van der Waals surface area (Å²) in [7, 11) is 0. The van der Waals surface area contributed by atoms with Crippen LogP contribution in [0.25, 0.3) is 0 Å². The molecular weight excluding hydrogens is 368 g/mol. The third kappa shape index (κ3) is 3.16. The lowest BCUT2D eigenvalue weighted by atomic mass is 9.68. The predicted molar refractivity (Wildman–Crippen MR) is 107 cm³/mol. The van der Waals surface area contributed by atoms with E-state index in [2.05, 4.69) is 5.32 Å². The molecule has 2 atom stereocenters. The summed E-state index contributed by atoms with van der Waals surface area (Å²) in [6.45, 7) is 0.283. The zero-order valence-corrected chi connectivity index (χ0v) is 16.1. The first-order valence-corrected chi connectivity index (χ1v) is 10.3. The van der Waals surface area contributed by atoms with Gasteiger partial charge in [-0.1, -0.05) is 42.5 Å². The number of nitrogens with one attached hydrogen (secondary N) is 1. The maximum Gasteiger partial charge on any atom is 0.407 e. The highest BCUT2D eigenvalue weighted by Crippen LogP contribution is 2.65. The summed E-state index contributed by atoms with van der Waals surface area (Å²) in [6.07, 6.45) is 3.83. The molecule has 0 heterocycles. The number of rotatable bonds is 5. The van der Waals surface area contributed by atoms with E-state index in [4.69, 9.17) is 4.74 Å². The van der Waals surface area contributed by atoms with Crippen molar-refractivity contribution in [1.82, 2.24) is 5.32 Å². The lowest BCUT2D eigenvalue weighted by Crippen LogP contribution is -2.50. The van der Waals surface area contributed by atoms with Crippen molar-refractivity contribution in [2.24, 2.45) is 17.8 Å². The van der Waals surface area contributed by atoms with Crippen LogP contribution in [-0.2, 0) is 11.3 Å². The normalized spacial score (nSPS) is 31.6. The van der Waals surface area contributed by atoms with Crippen LogP contribution in [0, 0.1) is 27.9 Å². The van der Waals surface area contributed by atoms with Gasteiger partial charge in [-0.25, -0.2) is 4.79 Å². The SMILES string of the molecule is O=C(NC12CC3CC1CC(C2)C3c1ccc([N+](=O)[O-])cc1)OCc1ccccc1. The number of carbonyl (C=O) groups excluding carboxylic acids is 1. The molecule has 4 aliphatic carbocycles. The third-order valence-corrected chi connectivity index (χ3v) is 7.28. The maximum atomic E-state index is 12.5. The number of amides is 1. The minimum Gasteiger partial charge on any atom is -0.445 e. The van der Waals surface area contributed by atoms with Crippen molar-refractivity contribution >= 4 is 11.8 Å². The van der Waals surface area contributed by atoms with Gasteiger partial charge in [-0.3, -0.25) is 10.1 Å². The van der Waals surface area contributed by atoms with Crippen molar-refractivity contribution in [3.05, 3.63) is 75.8 Å². The second-order valence-electron chi connectivity index (χ2n) is 8.81. The molecule has 1 N–H and O–H groups in total. The molecule has 0 radical (unpaired) electrons. The van der Waals surface area contributed by atoms with Gasteiger partial charge >= 0.3 is 6.09 Å². The highest BCUT2D eigenvalue weighted by molar-refractivity contribution is 5.68. The number of nitro benzene ring substituents is 1. The van der Waals surface area contributed by atoms with Crippen LogP contribution in [0.2, 0.25) is 0 Å². The van der Waals surface area contributed by atoms with Crippen molar-refractivity contribution in [3.8, 4) is 0 Å². The fourth-order valence-electron chi connectivity index (χ4n) is 6.26. The molecule has 2 aromatic carbocycles. The number of hydrogen-bond acceptors (Lipinski definition) is 4. The molecule has 2 unspecified atom stereocenters. The minimum absolute atomic E-state index is 0.139. The molecule has 29 heavy (non-hydrogen) atoms. The molecule has 0 aromatic heterocycles. The molecule has 0 aliphatic heterocycles. The summed E-state index contributed by atoms with van der Waals surface area (Å²) in [4.78, 5) is 23.1. The Morgan fingerprint density at radius 3 is 2.34 bits per heavy atom. The average Bonchev–Trinajstić information content (AvgIpc) is 3.14. The first kappa shape index (κ1) is 18.2. The van der Waals surface area contributed by atoms with Crippen LogP contribution in [0.5, 0.6) is 0 Å². The van der Waals surface area contributed by atoms with Gasteiger partial charge in [-0.05, 0) is 60.5 Å². The van der Waals surface area contributed by atoms with Crippen LogP contribution in [0.15, 0.2) is 54.6 Å². The molecule has 6 heteroatoms. The van der Waals surface area contributed by atoms with Crippen LogP contribution in [-0.4, -0.2) is 16.6 Å². The summed E-state index contributed by atoms with van der Waals surface area (Å²) in [5.41, 5.74) is 2.18. The number of nitro groups is 1. The van der Waals surface area contributed by atoms with Crippen LogP contribution >= 0.6 is 0 Å². The average molecular weight is 392 g/mol. The second kappa shape index (κ2) is 6.87. The van der Waals surface area contributed by atoms with Gasteiger partial charge in [-0.2, -0.15) is 0 Å². The van der Waals surface area contributed by atoms with E-state index in [1.54, 1.807) is 12.1 Å². The summed E-state index contributed by atoms with van der Waals surface area (Å²) in [5, 5.41) is 14.2. The predicted octanol–water partition coefficient (Wildman–Crippen LogP) is 4.79. The summed E-state index contributed by atoms with van der Waals surface area (Å²) < 4.78 is 5.48. The zero-order chi connectivity index (χ0) is 20.0. The van der Waals surface area contributed by atoms with E-state index in [-0.39, 0.29) is 28.8 Å². The van der Waals surface area contributed by atoms with E-state index < -0.39 is 0 Å². The maximum absolute atomic E-state index is 12.5. The monoisotopic (exact) mass is 392 g/mol. The molecule has 0 spiro atoms. The number of benzene rings is 2. The molecule has 4 fully saturated rings. The smallest absolute Gasteiger partial charge is 0.407 e. The first-order chi connectivity index (χ1) is 14.0. The minimum atomic E-state index is -0.352. The van der Waals surface area contributed by atoms with E-state index >= 15 is 0 Å². The molecule has 2 aromatic rings. The van der Waals surface area contributed by atoms with Crippen LogP contribution < -0.4 is 5.32 Å². The van der Waals surface area contributed by atoms with E-state index in [1.165, 1.54) is 5.56 Å². The first-order valence-electron chi connectivity index (χ1n) is 10.3. The van der Waals surface area contributed by atoms with Crippen molar-refractivity contribution < 1.29 is 14.5 Å². The largest absolute Gasteiger partial charge is 0.445 e. The van der Waals surface area contributed by atoms with E-state index in [9.17, 15) is 14.9 Å². The third-order valence-electron chi connectivity index (χ3n) is 7.28. The van der Waals surface area contributed by atoms with Crippen molar-refractivity contribution in [2.75, 3.05) is 0 Å². The molecule has 6 rings (SSSR count). The number of carbonyl (C=O) groups is 1. The Bertz CT molecular complexity index is 912. The molecule has 1 amide bonds. The Morgan fingerprint density at radius 1 is 1.07 bits per heavy atom. The number of nitrogens with zero attached hydrogens (tertiary/aromatic N) is 1. The molecule has 4 saturated carbocycles. The number of hydrogen-bond donors (Lipinski definition) is 1. The van der Waals surface area contributed by atoms with Crippen LogP contribution in [0.4, 0.5) is 10.5 Å². The molecular formula is C23H24N2O4. The molecule has 150 valence electrons. The van der Waals surface area contributed by atoms with Crippen LogP contribution in [0.3, 0.4) is 0 Å². The van der Waals surface area contributed by atoms with Gasteiger partial charge in [-0.15, -0.1) is 0 Å². The van der Waals surface area contributed by atoms with Gasteiger partial charge in [0.05, 0.1) is 4.92 Å². The zero-order valence-electron chi connectivity index (χ0n) is 16.1. The Morgan fingerprint density at radius 2 is 1.72 bits per heavy atom.